The van der Waals surface area contributed by atoms with Crippen LogP contribution in [0.5, 0.6) is 0 Å². The molecule has 1 aliphatic heterocycles. The van der Waals surface area contributed by atoms with E-state index in [4.69, 9.17) is 0 Å². The molecule has 0 spiro atoms. The van der Waals surface area contributed by atoms with Gasteiger partial charge in [0.2, 0.25) is 5.91 Å². The number of benzene rings is 3. The number of anilines is 2. The zero-order valence-corrected chi connectivity index (χ0v) is 21.4. The van der Waals surface area contributed by atoms with Gasteiger partial charge in [0, 0.05) is 18.2 Å². The third-order valence-electron chi connectivity index (χ3n) is 6.51. The molecule has 0 aromatic heterocycles. The number of aryl methyl sites for hydroxylation is 3. The second-order valence-corrected chi connectivity index (χ2v) is 11.2. The third kappa shape index (κ3) is 6.50. The molecule has 184 valence electrons. The van der Waals surface area contributed by atoms with Gasteiger partial charge in [-0.25, -0.2) is 8.42 Å². The first-order valence-electron chi connectivity index (χ1n) is 12.0. The molecule has 4 rings (SSSR count). The molecule has 0 aliphatic carbocycles. The van der Waals surface area contributed by atoms with Crippen LogP contribution < -0.4 is 10.0 Å². The van der Waals surface area contributed by atoms with Crippen molar-refractivity contribution in [1.29, 1.82) is 0 Å². The van der Waals surface area contributed by atoms with Crippen LogP contribution in [-0.4, -0.2) is 32.3 Å². The van der Waals surface area contributed by atoms with E-state index in [1.807, 2.05) is 26.0 Å². The second kappa shape index (κ2) is 10.6. The number of nitrogens with one attached hydrogen (secondary N) is 2. The molecule has 3 aromatic rings. The Morgan fingerprint density at radius 1 is 0.914 bits per heavy atom. The maximum Gasteiger partial charge on any atom is 0.261 e. The molecule has 0 radical (unpaired) electrons. The lowest BCUT2D eigenvalue weighted by Gasteiger charge is -2.31. The van der Waals surface area contributed by atoms with Gasteiger partial charge in [0.05, 0.1) is 10.6 Å². The molecule has 3 aromatic carbocycles. The van der Waals surface area contributed by atoms with E-state index in [9.17, 15) is 13.2 Å². The summed E-state index contributed by atoms with van der Waals surface area (Å²) in [6.45, 7) is 8.61. The molecule has 0 unspecified atom stereocenters. The summed E-state index contributed by atoms with van der Waals surface area (Å²) in [7, 11) is -3.72. The number of nitrogens with zero attached hydrogens (tertiary/aromatic N) is 1. The van der Waals surface area contributed by atoms with E-state index in [2.05, 4.69) is 46.1 Å². The molecule has 1 fully saturated rings. The van der Waals surface area contributed by atoms with Crippen molar-refractivity contribution >= 4 is 27.3 Å². The van der Waals surface area contributed by atoms with Crippen molar-refractivity contribution in [1.82, 2.24) is 4.90 Å². The average Bonchev–Trinajstić information content (AvgIpc) is 2.82. The zero-order valence-electron chi connectivity index (χ0n) is 20.5. The number of sulfonamides is 1. The SMILES string of the molecule is Cc1cccc(CN2CCC(C(=O)Nc3ccc(S(=O)(=O)Nc4ccc(C)cc4C)cc3)CC2)c1. The summed E-state index contributed by atoms with van der Waals surface area (Å²) in [5.41, 5.74) is 5.65. The third-order valence-corrected chi connectivity index (χ3v) is 7.89. The van der Waals surface area contributed by atoms with Gasteiger partial charge in [-0.3, -0.25) is 14.4 Å². The number of carbonyl (C=O) groups is 1. The molecule has 0 saturated carbocycles. The average molecular weight is 492 g/mol. The minimum atomic E-state index is -3.72. The van der Waals surface area contributed by atoms with Crippen LogP contribution >= 0.6 is 0 Å². The Labute approximate surface area is 208 Å². The number of likely N-dealkylation sites (tertiary alicyclic amines) is 1. The van der Waals surface area contributed by atoms with Crippen molar-refractivity contribution in [3.05, 3.63) is 89.0 Å². The van der Waals surface area contributed by atoms with Crippen LogP contribution in [0.25, 0.3) is 0 Å². The van der Waals surface area contributed by atoms with Gasteiger partial charge < -0.3 is 5.32 Å². The Balaban J connectivity index is 1.31. The molecule has 0 atom stereocenters. The highest BCUT2D eigenvalue weighted by Crippen LogP contribution is 2.24. The first-order chi connectivity index (χ1) is 16.7. The maximum atomic E-state index is 12.8. The Morgan fingerprint density at radius 3 is 2.26 bits per heavy atom. The fourth-order valence-corrected chi connectivity index (χ4v) is 5.65. The van der Waals surface area contributed by atoms with E-state index < -0.39 is 10.0 Å². The van der Waals surface area contributed by atoms with Crippen LogP contribution in [0.4, 0.5) is 11.4 Å². The highest BCUT2D eigenvalue weighted by Gasteiger charge is 2.25. The number of hydrogen-bond acceptors (Lipinski definition) is 4. The van der Waals surface area contributed by atoms with Gasteiger partial charge in [-0.15, -0.1) is 0 Å². The largest absolute Gasteiger partial charge is 0.326 e. The molecule has 2 N–H and O–H groups in total. The summed E-state index contributed by atoms with van der Waals surface area (Å²) in [5, 5.41) is 2.95. The zero-order chi connectivity index (χ0) is 25.0. The normalized spacial score (nSPS) is 15.1. The lowest BCUT2D eigenvalue weighted by Crippen LogP contribution is -2.37. The molecular weight excluding hydrogens is 458 g/mol. The fraction of sp³-hybridized carbons (Fsp3) is 0.321. The quantitative estimate of drug-likeness (QED) is 0.472. The molecule has 1 aliphatic rings. The first-order valence-corrected chi connectivity index (χ1v) is 13.5. The van der Waals surface area contributed by atoms with Crippen molar-refractivity contribution < 1.29 is 13.2 Å². The van der Waals surface area contributed by atoms with Gasteiger partial charge in [-0.2, -0.15) is 0 Å². The van der Waals surface area contributed by atoms with Gasteiger partial charge in [-0.05, 0) is 88.2 Å². The predicted octanol–water partition coefficient (Wildman–Crippen LogP) is 5.26. The standard InChI is InChI=1S/C28H33N3O3S/c1-20-5-4-6-23(18-20)19-31-15-13-24(14-16-31)28(32)29-25-8-10-26(11-9-25)35(33,34)30-27-12-7-21(2)17-22(27)3/h4-12,17-18,24,30H,13-16,19H2,1-3H3,(H,29,32). The summed E-state index contributed by atoms with van der Waals surface area (Å²) < 4.78 is 28.2. The van der Waals surface area contributed by atoms with E-state index in [-0.39, 0.29) is 16.7 Å². The lowest BCUT2D eigenvalue weighted by atomic mass is 9.95. The van der Waals surface area contributed by atoms with Gasteiger partial charge in [0.1, 0.15) is 0 Å². The fourth-order valence-electron chi connectivity index (χ4n) is 4.52. The smallest absolute Gasteiger partial charge is 0.261 e. The number of carbonyl (C=O) groups excluding carboxylic acids is 1. The highest BCUT2D eigenvalue weighted by molar-refractivity contribution is 7.92. The van der Waals surface area contributed by atoms with Crippen LogP contribution in [0.3, 0.4) is 0 Å². The molecule has 6 nitrogen and oxygen atoms in total. The molecule has 1 amide bonds. The molecule has 7 heteroatoms. The minimum absolute atomic E-state index is 0.00998. The molecule has 1 heterocycles. The van der Waals surface area contributed by atoms with Crippen molar-refractivity contribution in [2.45, 2.75) is 45.1 Å². The van der Waals surface area contributed by atoms with E-state index in [0.717, 1.165) is 43.6 Å². The summed E-state index contributed by atoms with van der Waals surface area (Å²) >= 11 is 0. The Hall–Kier alpha value is -3.16. The Morgan fingerprint density at radius 2 is 1.60 bits per heavy atom. The monoisotopic (exact) mass is 491 g/mol. The number of piperidine rings is 1. The van der Waals surface area contributed by atoms with Gasteiger partial charge in [-0.1, -0.05) is 47.5 Å². The Bertz CT molecular complexity index is 1300. The van der Waals surface area contributed by atoms with Crippen LogP contribution in [0.15, 0.2) is 71.6 Å². The number of hydrogen-bond donors (Lipinski definition) is 2. The van der Waals surface area contributed by atoms with Gasteiger partial charge >= 0.3 is 0 Å². The summed E-state index contributed by atoms with van der Waals surface area (Å²) in [4.78, 5) is 15.3. The molecule has 35 heavy (non-hydrogen) atoms. The van der Waals surface area contributed by atoms with Crippen molar-refractivity contribution in [3.63, 3.8) is 0 Å². The van der Waals surface area contributed by atoms with E-state index in [1.54, 1.807) is 18.2 Å². The van der Waals surface area contributed by atoms with Crippen LogP contribution in [0.2, 0.25) is 0 Å². The number of amides is 1. The maximum absolute atomic E-state index is 12.8. The highest BCUT2D eigenvalue weighted by atomic mass is 32.2. The number of rotatable bonds is 7. The van der Waals surface area contributed by atoms with E-state index in [1.165, 1.54) is 23.3 Å². The predicted molar refractivity (Wildman–Crippen MR) is 141 cm³/mol. The Kier molecular flexibility index (Phi) is 7.57. The molecule has 0 bridgehead atoms. The van der Waals surface area contributed by atoms with Crippen molar-refractivity contribution in [3.8, 4) is 0 Å². The van der Waals surface area contributed by atoms with E-state index in [0.29, 0.717) is 11.4 Å². The van der Waals surface area contributed by atoms with Crippen LogP contribution in [-0.2, 0) is 21.4 Å². The van der Waals surface area contributed by atoms with Gasteiger partial charge in [0.15, 0.2) is 0 Å². The summed E-state index contributed by atoms with van der Waals surface area (Å²) in [5.74, 6) is -0.0532. The minimum Gasteiger partial charge on any atom is -0.326 e. The lowest BCUT2D eigenvalue weighted by molar-refractivity contribution is -0.121. The van der Waals surface area contributed by atoms with Gasteiger partial charge in [0.25, 0.3) is 10.0 Å². The molecular formula is C28H33N3O3S. The topological polar surface area (TPSA) is 78.5 Å². The second-order valence-electron chi connectivity index (χ2n) is 9.48. The van der Waals surface area contributed by atoms with Crippen molar-refractivity contribution in [2.75, 3.05) is 23.1 Å². The van der Waals surface area contributed by atoms with Crippen LogP contribution in [0, 0.1) is 26.7 Å². The summed E-state index contributed by atoms with van der Waals surface area (Å²) in [6, 6.07) is 20.4. The first kappa shape index (κ1) is 24.9. The van der Waals surface area contributed by atoms with E-state index >= 15 is 0 Å². The molecule has 1 saturated heterocycles. The van der Waals surface area contributed by atoms with Crippen LogP contribution in [0.1, 0.15) is 35.1 Å². The van der Waals surface area contributed by atoms with Crippen molar-refractivity contribution in [2.24, 2.45) is 5.92 Å². The summed E-state index contributed by atoms with van der Waals surface area (Å²) in [6.07, 6.45) is 1.62.